The van der Waals surface area contributed by atoms with Crippen molar-refractivity contribution in [2.75, 3.05) is 17.1 Å². The Hall–Kier alpha value is -2.58. The molecule has 35 heavy (non-hydrogen) atoms. The fourth-order valence-corrected chi connectivity index (χ4v) is 4.73. The van der Waals surface area contributed by atoms with Crippen molar-refractivity contribution < 1.29 is 18.0 Å². The van der Waals surface area contributed by atoms with Gasteiger partial charge < -0.3 is 10.2 Å². The van der Waals surface area contributed by atoms with E-state index >= 15 is 0 Å². The third-order valence-electron chi connectivity index (χ3n) is 5.53. The van der Waals surface area contributed by atoms with Crippen LogP contribution in [-0.4, -0.2) is 49.5 Å². The van der Waals surface area contributed by atoms with Crippen molar-refractivity contribution >= 4 is 39.1 Å². The van der Waals surface area contributed by atoms with Crippen LogP contribution in [0.4, 0.5) is 5.69 Å². The number of hydrogen-bond acceptors (Lipinski definition) is 4. The van der Waals surface area contributed by atoms with Gasteiger partial charge in [0.05, 0.1) is 11.9 Å². The van der Waals surface area contributed by atoms with E-state index in [1.807, 2.05) is 52.0 Å². The minimum Gasteiger partial charge on any atom is -0.350 e. The van der Waals surface area contributed by atoms with Crippen LogP contribution < -0.4 is 9.62 Å². The molecule has 0 radical (unpaired) electrons. The lowest BCUT2D eigenvalue weighted by atomic mass is 10.1. The summed E-state index contributed by atoms with van der Waals surface area (Å²) in [5, 5.41) is 3.45. The smallest absolute Gasteiger partial charge is 0.242 e. The van der Waals surface area contributed by atoms with Gasteiger partial charge in [-0.3, -0.25) is 13.9 Å². The molecule has 1 atom stereocenters. The molecule has 0 spiro atoms. The van der Waals surface area contributed by atoms with Gasteiger partial charge in [-0.15, -0.1) is 0 Å². The quantitative estimate of drug-likeness (QED) is 0.497. The van der Waals surface area contributed by atoms with E-state index < -0.39 is 21.6 Å². The molecule has 0 fully saturated rings. The highest BCUT2D eigenvalue weighted by Crippen LogP contribution is 2.22. The molecule has 2 amide bonds. The Morgan fingerprint density at radius 2 is 1.66 bits per heavy atom. The van der Waals surface area contributed by atoms with Gasteiger partial charge in [-0.25, -0.2) is 8.42 Å². The molecule has 1 unspecified atom stereocenters. The molecule has 0 heterocycles. The Balaban J connectivity index is 2.19. The minimum absolute atomic E-state index is 0.0959. The van der Waals surface area contributed by atoms with E-state index in [2.05, 4.69) is 5.32 Å². The van der Waals surface area contributed by atoms with Gasteiger partial charge in [0.15, 0.2) is 0 Å². The van der Waals surface area contributed by atoms with Crippen molar-refractivity contribution in [3.63, 3.8) is 0 Å². The maximum Gasteiger partial charge on any atom is 0.242 e. The number of amides is 2. The fourth-order valence-electron chi connectivity index (χ4n) is 3.64. The number of aryl methyl sites for hydroxylation is 1. The summed E-state index contributed by atoms with van der Waals surface area (Å²) in [6.45, 7) is 9.77. The molecule has 7 nitrogen and oxygen atoms in total. The number of sulfonamides is 1. The summed E-state index contributed by atoms with van der Waals surface area (Å²) in [6.07, 6.45) is 1.53. The van der Waals surface area contributed by atoms with Crippen LogP contribution in [0.15, 0.2) is 48.5 Å². The van der Waals surface area contributed by atoms with E-state index in [1.54, 1.807) is 36.1 Å². The molecule has 0 aliphatic heterocycles. The van der Waals surface area contributed by atoms with Gasteiger partial charge in [0.2, 0.25) is 21.8 Å². The SMILES string of the molecule is Cc1ccccc1CN(C(=O)CCCN(c1ccc(Cl)cc1)S(C)(=O)=O)C(C)C(=O)NC(C)(C)C. The molecular weight excluding hydrogens is 486 g/mol. The molecule has 0 saturated heterocycles. The summed E-state index contributed by atoms with van der Waals surface area (Å²) in [5.74, 6) is -0.451. The van der Waals surface area contributed by atoms with Crippen LogP contribution in [0.2, 0.25) is 5.02 Å². The molecule has 0 saturated carbocycles. The van der Waals surface area contributed by atoms with Gasteiger partial charge in [0.25, 0.3) is 0 Å². The number of rotatable bonds is 10. The van der Waals surface area contributed by atoms with Gasteiger partial charge in [0.1, 0.15) is 6.04 Å². The number of nitrogens with zero attached hydrogens (tertiary/aromatic N) is 2. The Labute approximate surface area is 214 Å². The summed E-state index contributed by atoms with van der Waals surface area (Å²) < 4.78 is 26.0. The van der Waals surface area contributed by atoms with Crippen molar-refractivity contribution in [1.29, 1.82) is 0 Å². The molecule has 0 bridgehead atoms. The van der Waals surface area contributed by atoms with E-state index in [-0.39, 0.29) is 31.3 Å². The lowest BCUT2D eigenvalue weighted by Crippen LogP contribution is -2.52. The molecule has 9 heteroatoms. The van der Waals surface area contributed by atoms with Crippen LogP contribution in [-0.2, 0) is 26.2 Å². The first-order chi connectivity index (χ1) is 16.2. The molecule has 1 N–H and O–H groups in total. The summed E-state index contributed by atoms with van der Waals surface area (Å²) >= 11 is 5.93. The highest BCUT2D eigenvalue weighted by atomic mass is 35.5. The van der Waals surface area contributed by atoms with E-state index in [4.69, 9.17) is 11.6 Å². The number of benzene rings is 2. The molecule has 0 aliphatic rings. The predicted octanol–water partition coefficient (Wildman–Crippen LogP) is 4.53. The molecule has 2 rings (SSSR count). The first kappa shape index (κ1) is 28.7. The number of carbonyl (C=O) groups excluding carboxylic acids is 2. The Bertz CT molecular complexity index is 1130. The van der Waals surface area contributed by atoms with E-state index in [0.29, 0.717) is 17.1 Å². The standard InChI is InChI=1S/C26H36ClN3O4S/c1-19-10-7-8-11-21(19)18-29(20(2)25(32)28-26(3,4)5)24(31)12-9-17-30(35(6,33)34)23-15-13-22(27)14-16-23/h7-8,10-11,13-16,20H,9,12,17-18H2,1-6H3,(H,28,32). The van der Waals surface area contributed by atoms with Gasteiger partial charge in [-0.1, -0.05) is 35.9 Å². The zero-order valence-corrected chi connectivity index (χ0v) is 22.9. The second-order valence-corrected chi connectivity index (χ2v) is 12.1. The number of carbonyl (C=O) groups is 2. The lowest BCUT2D eigenvalue weighted by Gasteiger charge is -2.32. The second kappa shape index (κ2) is 11.9. The fraction of sp³-hybridized carbons (Fsp3) is 0.462. The van der Waals surface area contributed by atoms with Gasteiger partial charge in [-0.2, -0.15) is 0 Å². The van der Waals surface area contributed by atoms with Crippen LogP contribution in [0.1, 0.15) is 51.7 Å². The summed E-state index contributed by atoms with van der Waals surface area (Å²) in [7, 11) is -3.55. The van der Waals surface area contributed by atoms with Crippen LogP contribution in [0.3, 0.4) is 0 Å². The lowest BCUT2D eigenvalue weighted by molar-refractivity contribution is -0.141. The van der Waals surface area contributed by atoms with Crippen LogP contribution in [0.5, 0.6) is 0 Å². The molecule has 0 aliphatic carbocycles. The number of hydrogen-bond donors (Lipinski definition) is 1. The van der Waals surface area contributed by atoms with E-state index in [9.17, 15) is 18.0 Å². The van der Waals surface area contributed by atoms with Crippen molar-refractivity contribution in [2.45, 2.75) is 65.6 Å². The number of anilines is 1. The molecule has 0 aromatic heterocycles. The number of halogens is 1. The van der Waals surface area contributed by atoms with Gasteiger partial charge in [-0.05, 0) is 76.4 Å². The molecular formula is C26H36ClN3O4S. The van der Waals surface area contributed by atoms with Crippen molar-refractivity contribution in [2.24, 2.45) is 0 Å². The van der Waals surface area contributed by atoms with E-state index in [0.717, 1.165) is 17.4 Å². The maximum atomic E-state index is 13.3. The monoisotopic (exact) mass is 521 g/mol. The highest BCUT2D eigenvalue weighted by molar-refractivity contribution is 7.92. The number of nitrogens with one attached hydrogen (secondary N) is 1. The first-order valence-electron chi connectivity index (χ1n) is 11.6. The Kier molecular flexibility index (Phi) is 9.75. The first-order valence-corrected chi connectivity index (χ1v) is 13.8. The van der Waals surface area contributed by atoms with Crippen molar-refractivity contribution in [1.82, 2.24) is 10.2 Å². The highest BCUT2D eigenvalue weighted by Gasteiger charge is 2.29. The van der Waals surface area contributed by atoms with Crippen molar-refractivity contribution in [3.8, 4) is 0 Å². The Morgan fingerprint density at radius 1 is 1.06 bits per heavy atom. The molecule has 192 valence electrons. The topological polar surface area (TPSA) is 86.8 Å². The summed E-state index contributed by atoms with van der Waals surface area (Å²) in [6, 6.07) is 13.6. The third kappa shape index (κ3) is 8.85. The normalized spacial score (nSPS) is 12.7. The average Bonchev–Trinajstić information content (AvgIpc) is 2.74. The van der Waals surface area contributed by atoms with E-state index in [1.165, 1.54) is 4.31 Å². The zero-order chi connectivity index (χ0) is 26.4. The van der Waals surface area contributed by atoms with Gasteiger partial charge in [0, 0.05) is 30.1 Å². The van der Waals surface area contributed by atoms with Crippen LogP contribution in [0.25, 0.3) is 0 Å². The summed E-state index contributed by atoms with van der Waals surface area (Å²) in [5.41, 5.74) is 2.03. The second-order valence-electron chi connectivity index (χ2n) is 9.78. The Morgan fingerprint density at radius 3 is 2.20 bits per heavy atom. The molecule has 2 aromatic carbocycles. The summed E-state index contributed by atoms with van der Waals surface area (Å²) in [4.78, 5) is 27.8. The van der Waals surface area contributed by atoms with Crippen LogP contribution in [0, 0.1) is 6.92 Å². The van der Waals surface area contributed by atoms with Crippen molar-refractivity contribution in [3.05, 3.63) is 64.7 Å². The predicted molar refractivity (Wildman–Crippen MR) is 142 cm³/mol. The maximum absolute atomic E-state index is 13.3. The van der Waals surface area contributed by atoms with Crippen LogP contribution >= 0.6 is 11.6 Å². The average molecular weight is 522 g/mol. The third-order valence-corrected chi connectivity index (χ3v) is 6.98. The molecule has 2 aromatic rings. The minimum atomic E-state index is -3.55. The van der Waals surface area contributed by atoms with Gasteiger partial charge >= 0.3 is 0 Å². The zero-order valence-electron chi connectivity index (χ0n) is 21.3. The largest absolute Gasteiger partial charge is 0.350 e.